The van der Waals surface area contributed by atoms with Crippen molar-refractivity contribution in [3.05, 3.63) is 58.2 Å². The Kier molecular flexibility index (Phi) is 5.96. The zero-order valence-electron chi connectivity index (χ0n) is 14.0. The van der Waals surface area contributed by atoms with E-state index in [1.54, 1.807) is 23.2 Å². The van der Waals surface area contributed by atoms with Gasteiger partial charge in [-0.2, -0.15) is 0 Å². The van der Waals surface area contributed by atoms with E-state index in [2.05, 4.69) is 15.2 Å². The number of nitrogens with zero attached hydrogens (tertiary/aromatic N) is 3. The fraction of sp³-hybridized carbons (Fsp3) is 0.278. The molecule has 0 saturated carbocycles. The predicted octanol–water partition coefficient (Wildman–Crippen LogP) is 2.47. The third-order valence-corrected chi connectivity index (χ3v) is 4.93. The highest BCUT2D eigenvalue weighted by atomic mass is 35.5. The van der Waals surface area contributed by atoms with Crippen LogP contribution < -0.4 is 10.2 Å². The van der Waals surface area contributed by atoms with E-state index in [-0.39, 0.29) is 18.4 Å². The van der Waals surface area contributed by atoms with Gasteiger partial charge in [-0.25, -0.2) is 4.98 Å². The number of amides is 2. The number of hydrogen-bond acceptors (Lipinski definition) is 4. The maximum Gasteiger partial charge on any atom is 0.251 e. The van der Waals surface area contributed by atoms with Gasteiger partial charge >= 0.3 is 0 Å². The number of halogens is 2. The number of carbonyl (C=O) groups excluding carboxylic acids is 2. The van der Waals surface area contributed by atoms with E-state index in [0.717, 1.165) is 5.82 Å². The third-order valence-electron chi connectivity index (χ3n) is 4.19. The number of nitrogens with one attached hydrogen (secondary N) is 1. The number of pyridine rings is 1. The number of aromatic nitrogens is 1. The molecule has 2 aromatic rings. The van der Waals surface area contributed by atoms with Gasteiger partial charge in [-0.3, -0.25) is 9.59 Å². The lowest BCUT2D eigenvalue weighted by atomic mass is 10.2. The van der Waals surface area contributed by atoms with Crippen molar-refractivity contribution in [1.29, 1.82) is 0 Å². The molecule has 0 aliphatic carbocycles. The first-order valence-corrected chi connectivity index (χ1v) is 8.97. The molecule has 2 amide bonds. The van der Waals surface area contributed by atoms with Crippen molar-refractivity contribution in [2.45, 2.75) is 0 Å². The van der Waals surface area contributed by atoms with Gasteiger partial charge in [0.2, 0.25) is 5.91 Å². The summed E-state index contributed by atoms with van der Waals surface area (Å²) >= 11 is 11.7. The molecule has 1 aromatic heterocycles. The average molecular weight is 393 g/mol. The summed E-state index contributed by atoms with van der Waals surface area (Å²) in [5.74, 6) is 0.440. The Hall–Kier alpha value is -2.31. The summed E-state index contributed by atoms with van der Waals surface area (Å²) < 4.78 is 0. The molecule has 26 heavy (non-hydrogen) atoms. The molecule has 1 fully saturated rings. The number of piperazine rings is 1. The molecule has 0 spiro atoms. The smallest absolute Gasteiger partial charge is 0.251 e. The summed E-state index contributed by atoms with van der Waals surface area (Å²) in [6.45, 7) is 2.56. The first-order valence-electron chi connectivity index (χ1n) is 8.21. The van der Waals surface area contributed by atoms with Crippen LogP contribution >= 0.6 is 23.2 Å². The van der Waals surface area contributed by atoms with E-state index in [0.29, 0.717) is 41.8 Å². The van der Waals surface area contributed by atoms with Gasteiger partial charge in [0.1, 0.15) is 5.82 Å². The van der Waals surface area contributed by atoms with E-state index < -0.39 is 0 Å². The SMILES string of the molecule is O=C(NCC(=O)N1CCN(c2ccccn2)CC1)c1ccc(Cl)c(Cl)c1. The van der Waals surface area contributed by atoms with Crippen LogP contribution in [0.5, 0.6) is 0 Å². The monoisotopic (exact) mass is 392 g/mol. The Morgan fingerprint density at radius 3 is 2.46 bits per heavy atom. The van der Waals surface area contributed by atoms with Crippen LogP contribution in [0.25, 0.3) is 0 Å². The van der Waals surface area contributed by atoms with Crippen molar-refractivity contribution in [2.24, 2.45) is 0 Å². The highest BCUT2D eigenvalue weighted by Crippen LogP contribution is 2.22. The van der Waals surface area contributed by atoms with Crippen molar-refractivity contribution in [3.8, 4) is 0 Å². The number of benzene rings is 1. The summed E-state index contributed by atoms with van der Waals surface area (Å²) in [7, 11) is 0. The molecule has 3 rings (SSSR count). The predicted molar refractivity (Wildman–Crippen MR) is 102 cm³/mol. The molecule has 0 unspecified atom stereocenters. The summed E-state index contributed by atoms with van der Waals surface area (Å²) in [5.41, 5.74) is 0.368. The summed E-state index contributed by atoms with van der Waals surface area (Å²) in [6.07, 6.45) is 1.76. The third kappa shape index (κ3) is 4.45. The largest absolute Gasteiger partial charge is 0.353 e. The van der Waals surface area contributed by atoms with E-state index in [4.69, 9.17) is 23.2 Å². The summed E-state index contributed by atoms with van der Waals surface area (Å²) in [4.78, 5) is 32.7. The van der Waals surface area contributed by atoms with Gasteiger partial charge in [-0.15, -0.1) is 0 Å². The van der Waals surface area contributed by atoms with Gasteiger partial charge in [0.25, 0.3) is 5.91 Å². The maximum absolute atomic E-state index is 12.3. The van der Waals surface area contributed by atoms with Gasteiger partial charge in [0.15, 0.2) is 0 Å². The van der Waals surface area contributed by atoms with Crippen LogP contribution in [0, 0.1) is 0 Å². The molecule has 0 bridgehead atoms. The minimum Gasteiger partial charge on any atom is -0.353 e. The second-order valence-electron chi connectivity index (χ2n) is 5.87. The van der Waals surface area contributed by atoms with Gasteiger partial charge in [0, 0.05) is 37.9 Å². The van der Waals surface area contributed by atoms with E-state index in [9.17, 15) is 9.59 Å². The summed E-state index contributed by atoms with van der Waals surface area (Å²) in [5, 5.41) is 3.31. The average Bonchev–Trinajstić information content (AvgIpc) is 2.68. The number of anilines is 1. The molecule has 1 N–H and O–H groups in total. The van der Waals surface area contributed by atoms with Gasteiger partial charge < -0.3 is 15.1 Å². The molecule has 2 heterocycles. The van der Waals surface area contributed by atoms with Crippen molar-refractivity contribution in [2.75, 3.05) is 37.6 Å². The minimum atomic E-state index is -0.357. The molecule has 8 heteroatoms. The first kappa shape index (κ1) is 18.5. The molecule has 0 radical (unpaired) electrons. The Labute approximate surface area is 161 Å². The topological polar surface area (TPSA) is 65.5 Å². The molecule has 1 aliphatic heterocycles. The normalized spacial score (nSPS) is 14.2. The second-order valence-corrected chi connectivity index (χ2v) is 6.68. The molecule has 0 atom stereocenters. The second kappa shape index (κ2) is 8.38. The Bertz CT molecular complexity index is 793. The molecular weight excluding hydrogens is 375 g/mol. The Balaban J connectivity index is 1.48. The number of carbonyl (C=O) groups is 2. The number of rotatable bonds is 4. The number of hydrogen-bond donors (Lipinski definition) is 1. The van der Waals surface area contributed by atoms with Crippen LogP contribution in [0.4, 0.5) is 5.82 Å². The molecular formula is C18H18Cl2N4O2. The van der Waals surface area contributed by atoms with Crippen LogP contribution in [-0.2, 0) is 4.79 Å². The maximum atomic E-state index is 12.3. The first-order chi connectivity index (χ1) is 12.5. The Morgan fingerprint density at radius 2 is 1.81 bits per heavy atom. The minimum absolute atomic E-state index is 0.0529. The van der Waals surface area contributed by atoms with Crippen LogP contribution in [0.3, 0.4) is 0 Å². The molecule has 1 saturated heterocycles. The van der Waals surface area contributed by atoms with Crippen molar-refractivity contribution in [1.82, 2.24) is 15.2 Å². The lowest BCUT2D eigenvalue weighted by Crippen LogP contribution is -2.51. The quantitative estimate of drug-likeness (QED) is 0.867. The zero-order valence-corrected chi connectivity index (χ0v) is 15.5. The van der Waals surface area contributed by atoms with Gasteiger partial charge in [-0.1, -0.05) is 29.3 Å². The zero-order chi connectivity index (χ0) is 18.5. The fourth-order valence-corrected chi connectivity index (χ4v) is 3.03. The van der Waals surface area contributed by atoms with Crippen molar-refractivity contribution >= 4 is 40.8 Å². The van der Waals surface area contributed by atoms with Crippen molar-refractivity contribution in [3.63, 3.8) is 0 Å². The highest BCUT2D eigenvalue weighted by molar-refractivity contribution is 6.42. The molecule has 1 aromatic carbocycles. The van der Waals surface area contributed by atoms with Crippen LogP contribution in [0.1, 0.15) is 10.4 Å². The fourth-order valence-electron chi connectivity index (χ4n) is 2.73. The van der Waals surface area contributed by atoms with Crippen LogP contribution in [-0.4, -0.2) is 54.4 Å². The van der Waals surface area contributed by atoms with E-state index in [1.165, 1.54) is 6.07 Å². The van der Waals surface area contributed by atoms with Crippen LogP contribution in [0.15, 0.2) is 42.6 Å². The van der Waals surface area contributed by atoms with Gasteiger partial charge in [-0.05, 0) is 30.3 Å². The van der Waals surface area contributed by atoms with Crippen LogP contribution in [0.2, 0.25) is 10.0 Å². The van der Waals surface area contributed by atoms with Crippen molar-refractivity contribution < 1.29 is 9.59 Å². The lowest BCUT2D eigenvalue weighted by Gasteiger charge is -2.35. The summed E-state index contributed by atoms with van der Waals surface area (Å²) in [6, 6.07) is 10.4. The van der Waals surface area contributed by atoms with Gasteiger partial charge in [0.05, 0.1) is 16.6 Å². The molecule has 1 aliphatic rings. The lowest BCUT2D eigenvalue weighted by molar-refractivity contribution is -0.130. The highest BCUT2D eigenvalue weighted by Gasteiger charge is 2.22. The standard InChI is InChI=1S/C18H18Cl2N4O2/c19-14-5-4-13(11-15(14)20)18(26)22-12-17(25)24-9-7-23(8-10-24)16-3-1-2-6-21-16/h1-6,11H,7-10,12H2,(H,22,26). The van der Waals surface area contributed by atoms with E-state index in [1.807, 2.05) is 18.2 Å². The molecule has 136 valence electrons. The Morgan fingerprint density at radius 1 is 1.04 bits per heavy atom. The van der Waals surface area contributed by atoms with E-state index >= 15 is 0 Å². The molecule has 6 nitrogen and oxygen atoms in total.